The molecule has 1 aliphatic heterocycles. The Labute approximate surface area is 164 Å². The van der Waals surface area contributed by atoms with Gasteiger partial charge < -0.3 is 10.1 Å². The van der Waals surface area contributed by atoms with Crippen LogP contribution in [0.15, 0.2) is 42.5 Å². The van der Waals surface area contributed by atoms with E-state index in [1.54, 1.807) is 18.2 Å². The second-order valence-corrected chi connectivity index (χ2v) is 7.07. The van der Waals surface area contributed by atoms with Gasteiger partial charge in [0.05, 0.1) is 28.9 Å². The van der Waals surface area contributed by atoms with Crippen LogP contribution in [-0.2, 0) is 4.79 Å². The molecule has 1 amide bonds. The SMILES string of the molecule is CCOc1ccc([C@@H]2CCCN2CC(=O)Nc2cccc(Cl)c2Cl)cc1. The fourth-order valence-corrected chi connectivity index (χ4v) is 3.67. The summed E-state index contributed by atoms with van der Waals surface area (Å²) in [7, 11) is 0. The summed E-state index contributed by atoms with van der Waals surface area (Å²) in [6, 6.07) is 13.6. The highest BCUT2D eigenvalue weighted by Crippen LogP contribution is 2.33. The van der Waals surface area contributed by atoms with Crippen molar-refractivity contribution in [3.05, 3.63) is 58.1 Å². The molecule has 2 aromatic carbocycles. The number of carbonyl (C=O) groups excluding carboxylic acids is 1. The van der Waals surface area contributed by atoms with Crippen molar-refractivity contribution in [1.82, 2.24) is 4.90 Å². The quantitative estimate of drug-likeness (QED) is 0.737. The molecule has 0 saturated carbocycles. The number of halogens is 2. The predicted molar refractivity (Wildman–Crippen MR) is 106 cm³/mol. The minimum atomic E-state index is -0.0907. The van der Waals surface area contributed by atoms with Crippen molar-refractivity contribution in [2.24, 2.45) is 0 Å². The van der Waals surface area contributed by atoms with Crippen molar-refractivity contribution < 1.29 is 9.53 Å². The number of carbonyl (C=O) groups is 1. The third-order valence-electron chi connectivity index (χ3n) is 4.51. The first-order valence-corrected chi connectivity index (χ1v) is 9.54. The molecule has 0 radical (unpaired) electrons. The average molecular weight is 393 g/mol. The number of amides is 1. The van der Waals surface area contributed by atoms with Gasteiger partial charge in [-0.1, -0.05) is 41.4 Å². The summed E-state index contributed by atoms with van der Waals surface area (Å²) in [5.41, 5.74) is 1.75. The number of rotatable bonds is 6. The fourth-order valence-electron chi connectivity index (χ4n) is 3.32. The van der Waals surface area contributed by atoms with Crippen molar-refractivity contribution in [2.45, 2.75) is 25.8 Å². The van der Waals surface area contributed by atoms with E-state index in [9.17, 15) is 4.79 Å². The number of hydrogen-bond donors (Lipinski definition) is 1. The zero-order valence-electron chi connectivity index (χ0n) is 14.7. The van der Waals surface area contributed by atoms with Crippen LogP contribution in [0.1, 0.15) is 31.4 Å². The van der Waals surface area contributed by atoms with Crippen molar-refractivity contribution in [3.8, 4) is 5.75 Å². The van der Waals surface area contributed by atoms with Gasteiger partial charge in [-0.2, -0.15) is 0 Å². The Hall–Kier alpha value is -1.75. The van der Waals surface area contributed by atoms with Gasteiger partial charge in [0, 0.05) is 6.04 Å². The second kappa shape index (κ2) is 8.76. The van der Waals surface area contributed by atoms with E-state index in [-0.39, 0.29) is 11.9 Å². The van der Waals surface area contributed by atoms with Gasteiger partial charge in [-0.05, 0) is 56.1 Å². The van der Waals surface area contributed by atoms with Crippen molar-refractivity contribution in [2.75, 3.05) is 25.0 Å². The topological polar surface area (TPSA) is 41.6 Å². The Kier molecular flexibility index (Phi) is 6.41. The van der Waals surface area contributed by atoms with Crippen molar-refractivity contribution >= 4 is 34.8 Å². The lowest BCUT2D eigenvalue weighted by Crippen LogP contribution is -2.33. The summed E-state index contributed by atoms with van der Waals surface area (Å²) in [6.07, 6.45) is 2.11. The number of ether oxygens (including phenoxy) is 1. The highest BCUT2D eigenvalue weighted by Gasteiger charge is 2.27. The van der Waals surface area contributed by atoms with E-state index in [2.05, 4.69) is 22.3 Å². The lowest BCUT2D eigenvalue weighted by atomic mass is 10.0. The Balaban J connectivity index is 1.64. The zero-order chi connectivity index (χ0) is 18.5. The molecule has 1 saturated heterocycles. The van der Waals surface area contributed by atoms with Crippen LogP contribution in [-0.4, -0.2) is 30.5 Å². The average Bonchev–Trinajstić information content (AvgIpc) is 3.08. The molecule has 0 unspecified atom stereocenters. The molecule has 26 heavy (non-hydrogen) atoms. The first kappa shape index (κ1) is 19.0. The molecule has 1 atom stereocenters. The van der Waals surface area contributed by atoms with Crippen LogP contribution in [0.4, 0.5) is 5.69 Å². The van der Waals surface area contributed by atoms with Gasteiger partial charge in [0.1, 0.15) is 5.75 Å². The summed E-state index contributed by atoms with van der Waals surface area (Å²) >= 11 is 12.1. The fraction of sp³-hybridized carbons (Fsp3) is 0.350. The normalized spacial score (nSPS) is 17.3. The molecule has 0 aliphatic carbocycles. The molecule has 3 rings (SSSR count). The largest absolute Gasteiger partial charge is 0.494 e. The molecular formula is C20H22Cl2N2O2. The van der Waals surface area contributed by atoms with Gasteiger partial charge in [0.2, 0.25) is 5.91 Å². The van der Waals surface area contributed by atoms with Gasteiger partial charge in [0.15, 0.2) is 0 Å². The number of hydrogen-bond acceptors (Lipinski definition) is 3. The number of benzene rings is 2. The van der Waals surface area contributed by atoms with E-state index >= 15 is 0 Å². The van der Waals surface area contributed by atoms with Crippen molar-refractivity contribution in [1.29, 1.82) is 0 Å². The maximum atomic E-state index is 12.5. The highest BCUT2D eigenvalue weighted by molar-refractivity contribution is 6.44. The Bertz CT molecular complexity index is 765. The molecular weight excluding hydrogens is 371 g/mol. The molecule has 0 aromatic heterocycles. The van der Waals surface area contributed by atoms with Gasteiger partial charge in [-0.25, -0.2) is 0 Å². The third-order valence-corrected chi connectivity index (χ3v) is 5.33. The Morgan fingerprint density at radius 1 is 1.23 bits per heavy atom. The molecule has 1 heterocycles. The Morgan fingerprint density at radius 2 is 2.00 bits per heavy atom. The maximum Gasteiger partial charge on any atom is 0.238 e. The number of likely N-dealkylation sites (tertiary alicyclic amines) is 1. The highest BCUT2D eigenvalue weighted by atomic mass is 35.5. The van der Waals surface area contributed by atoms with E-state index in [4.69, 9.17) is 27.9 Å². The summed E-state index contributed by atoms with van der Waals surface area (Å²) in [6.45, 7) is 3.84. The molecule has 1 N–H and O–H groups in total. The third kappa shape index (κ3) is 4.50. The molecule has 6 heteroatoms. The van der Waals surface area contributed by atoms with Crippen LogP contribution in [0.3, 0.4) is 0 Å². The summed E-state index contributed by atoms with van der Waals surface area (Å²) in [5, 5.41) is 3.66. The summed E-state index contributed by atoms with van der Waals surface area (Å²) in [4.78, 5) is 14.7. The van der Waals surface area contributed by atoms with E-state index < -0.39 is 0 Å². The van der Waals surface area contributed by atoms with Gasteiger partial charge in [-0.3, -0.25) is 9.69 Å². The van der Waals surface area contributed by atoms with Crippen LogP contribution in [0.5, 0.6) is 5.75 Å². The smallest absolute Gasteiger partial charge is 0.238 e. The molecule has 0 spiro atoms. The standard InChI is InChI=1S/C20H22Cl2N2O2/c1-2-26-15-10-8-14(9-11-15)18-7-4-12-24(18)13-19(25)23-17-6-3-5-16(21)20(17)22/h3,5-6,8-11,18H,2,4,7,12-13H2,1H3,(H,23,25)/t18-/m0/s1. The molecule has 1 aliphatic rings. The molecule has 1 fully saturated rings. The van der Waals surface area contributed by atoms with Crippen LogP contribution >= 0.6 is 23.2 Å². The first-order chi connectivity index (χ1) is 12.6. The second-order valence-electron chi connectivity index (χ2n) is 6.28. The summed E-state index contributed by atoms with van der Waals surface area (Å²) < 4.78 is 5.50. The molecule has 4 nitrogen and oxygen atoms in total. The molecule has 2 aromatic rings. The number of anilines is 1. The number of nitrogens with zero attached hydrogens (tertiary/aromatic N) is 1. The van der Waals surface area contributed by atoms with Gasteiger partial charge in [-0.15, -0.1) is 0 Å². The van der Waals surface area contributed by atoms with Gasteiger partial charge >= 0.3 is 0 Å². The summed E-state index contributed by atoms with van der Waals surface area (Å²) in [5.74, 6) is 0.779. The minimum Gasteiger partial charge on any atom is -0.494 e. The first-order valence-electron chi connectivity index (χ1n) is 8.79. The molecule has 0 bridgehead atoms. The number of nitrogens with one attached hydrogen (secondary N) is 1. The van der Waals surface area contributed by atoms with E-state index in [0.29, 0.717) is 28.9 Å². The van der Waals surface area contributed by atoms with Crippen LogP contribution < -0.4 is 10.1 Å². The van der Waals surface area contributed by atoms with Gasteiger partial charge in [0.25, 0.3) is 0 Å². The zero-order valence-corrected chi connectivity index (χ0v) is 16.2. The lowest BCUT2D eigenvalue weighted by molar-refractivity contribution is -0.117. The monoisotopic (exact) mass is 392 g/mol. The van der Waals surface area contributed by atoms with E-state index in [1.807, 2.05) is 19.1 Å². The molecule has 138 valence electrons. The minimum absolute atomic E-state index is 0.0907. The van der Waals surface area contributed by atoms with Crippen LogP contribution in [0.2, 0.25) is 10.0 Å². The lowest BCUT2D eigenvalue weighted by Gasteiger charge is -2.24. The van der Waals surface area contributed by atoms with Crippen molar-refractivity contribution in [3.63, 3.8) is 0 Å². The maximum absolute atomic E-state index is 12.5. The Morgan fingerprint density at radius 3 is 2.73 bits per heavy atom. The van der Waals surface area contributed by atoms with E-state index in [0.717, 1.165) is 25.1 Å². The van der Waals surface area contributed by atoms with E-state index in [1.165, 1.54) is 5.56 Å². The van der Waals surface area contributed by atoms with Crippen LogP contribution in [0, 0.1) is 0 Å². The predicted octanol–water partition coefficient (Wildman–Crippen LogP) is 5.17. The van der Waals surface area contributed by atoms with Crippen LogP contribution in [0.25, 0.3) is 0 Å².